The number of nitrogens with one attached hydrogen (secondary N) is 1. The fourth-order valence-corrected chi connectivity index (χ4v) is 2.82. The quantitative estimate of drug-likeness (QED) is 0.803. The van der Waals surface area contributed by atoms with Crippen LogP contribution in [0.2, 0.25) is 5.02 Å². The molecule has 3 rings (SSSR count). The van der Waals surface area contributed by atoms with Gasteiger partial charge in [0.1, 0.15) is 5.82 Å². The van der Waals surface area contributed by atoms with Crippen molar-refractivity contribution >= 4 is 17.2 Å². The normalized spacial score (nSPS) is 11.5. The van der Waals surface area contributed by atoms with E-state index in [-0.39, 0.29) is 11.5 Å². The second-order valence-corrected chi connectivity index (χ2v) is 5.98. The van der Waals surface area contributed by atoms with Crippen molar-refractivity contribution in [2.24, 2.45) is 0 Å². The number of nitrogens with zero attached hydrogens (tertiary/aromatic N) is 2. The van der Waals surface area contributed by atoms with Crippen molar-refractivity contribution in [3.8, 4) is 0 Å². The third-order valence-electron chi connectivity index (χ3n) is 3.52. The summed E-state index contributed by atoms with van der Waals surface area (Å²) in [4.78, 5) is 17.2. The summed E-state index contributed by atoms with van der Waals surface area (Å²) in [5.41, 5.74) is 2.34. The number of halogens is 2. The van der Waals surface area contributed by atoms with Gasteiger partial charge in [-0.15, -0.1) is 0 Å². The third kappa shape index (κ3) is 2.64. The summed E-state index contributed by atoms with van der Waals surface area (Å²) in [6.45, 7) is 3.96. The first-order valence-corrected chi connectivity index (χ1v) is 7.37. The van der Waals surface area contributed by atoms with Gasteiger partial charge >= 0.3 is 0 Å². The van der Waals surface area contributed by atoms with Gasteiger partial charge in [0, 0.05) is 29.3 Å². The molecule has 1 N–H and O–H groups in total. The minimum absolute atomic E-state index is 0.0895. The molecule has 22 heavy (non-hydrogen) atoms. The molecule has 2 aromatic heterocycles. The lowest BCUT2D eigenvalue weighted by Gasteiger charge is -2.12. The molecule has 0 atom stereocenters. The van der Waals surface area contributed by atoms with Gasteiger partial charge in [-0.05, 0) is 29.7 Å². The van der Waals surface area contributed by atoms with Gasteiger partial charge in [0.25, 0.3) is 5.56 Å². The molecule has 0 saturated heterocycles. The van der Waals surface area contributed by atoms with Gasteiger partial charge in [-0.2, -0.15) is 0 Å². The summed E-state index contributed by atoms with van der Waals surface area (Å²) < 4.78 is 14.9. The predicted octanol–water partition coefficient (Wildman–Crippen LogP) is 3.53. The van der Waals surface area contributed by atoms with E-state index in [1.807, 2.05) is 13.8 Å². The number of hydrogen-bond donors (Lipinski definition) is 1. The Morgan fingerprint density at radius 2 is 2.14 bits per heavy atom. The molecule has 0 fully saturated rings. The highest BCUT2D eigenvalue weighted by atomic mass is 35.5. The minimum atomic E-state index is -0.414. The fraction of sp³-hybridized carbons (Fsp3) is 0.250. The molecular weight excluding hydrogens is 305 g/mol. The van der Waals surface area contributed by atoms with Gasteiger partial charge in [0.05, 0.1) is 5.69 Å². The van der Waals surface area contributed by atoms with Crippen LogP contribution < -0.4 is 5.56 Å². The molecule has 0 radical (unpaired) electrons. The van der Waals surface area contributed by atoms with Gasteiger partial charge in [-0.3, -0.25) is 9.89 Å². The molecule has 3 aromatic rings. The zero-order chi connectivity index (χ0) is 15.9. The van der Waals surface area contributed by atoms with Crippen LogP contribution in [0.15, 0.2) is 35.3 Å². The van der Waals surface area contributed by atoms with Gasteiger partial charge in [-0.25, -0.2) is 13.9 Å². The van der Waals surface area contributed by atoms with E-state index in [2.05, 4.69) is 10.1 Å². The lowest BCUT2D eigenvalue weighted by Crippen LogP contribution is -2.23. The molecule has 0 unspecified atom stereocenters. The second-order valence-electron chi connectivity index (χ2n) is 5.55. The molecule has 0 spiro atoms. The Labute approximate surface area is 131 Å². The molecule has 0 aliphatic heterocycles. The van der Waals surface area contributed by atoms with Gasteiger partial charge in [0.2, 0.25) is 0 Å². The Morgan fingerprint density at radius 1 is 1.36 bits per heavy atom. The Kier molecular flexibility index (Phi) is 3.74. The van der Waals surface area contributed by atoms with Crippen LogP contribution in [0.5, 0.6) is 0 Å². The summed E-state index contributed by atoms with van der Waals surface area (Å²) in [7, 11) is 0. The van der Waals surface area contributed by atoms with Crippen LogP contribution in [0.3, 0.4) is 0 Å². The van der Waals surface area contributed by atoms with Crippen LogP contribution in [-0.2, 0) is 6.42 Å². The summed E-state index contributed by atoms with van der Waals surface area (Å²) in [6, 6.07) is 6.04. The Hall–Kier alpha value is -2.14. The molecule has 114 valence electrons. The lowest BCUT2D eigenvalue weighted by atomic mass is 9.99. The monoisotopic (exact) mass is 319 g/mol. The maximum atomic E-state index is 13.5. The molecule has 0 aliphatic carbocycles. The van der Waals surface area contributed by atoms with E-state index in [1.54, 1.807) is 18.3 Å². The average molecular weight is 320 g/mol. The van der Waals surface area contributed by atoms with E-state index < -0.39 is 5.82 Å². The molecule has 0 bridgehead atoms. The summed E-state index contributed by atoms with van der Waals surface area (Å²) in [5.74, 6) is -0.325. The first kappa shape index (κ1) is 14.8. The number of fused-ring (bicyclic) bond motifs is 1. The van der Waals surface area contributed by atoms with E-state index in [0.717, 1.165) is 5.69 Å². The number of aromatic nitrogens is 3. The standard InChI is InChI=1S/C16H15ClFN3O/c1-9(2)15-13(7-10-5-11(17)8-12(18)6-10)16(22)21-14(20-15)3-4-19-21/h3-6,8-9,19H,7H2,1-2H3. The molecule has 1 aromatic carbocycles. The van der Waals surface area contributed by atoms with E-state index in [4.69, 9.17) is 11.6 Å². The first-order chi connectivity index (χ1) is 10.5. The third-order valence-corrected chi connectivity index (χ3v) is 3.74. The zero-order valence-electron chi connectivity index (χ0n) is 12.2. The maximum absolute atomic E-state index is 13.5. The average Bonchev–Trinajstić information content (AvgIpc) is 2.89. The van der Waals surface area contributed by atoms with Crippen LogP contribution in [0.25, 0.3) is 5.65 Å². The van der Waals surface area contributed by atoms with Crippen LogP contribution in [0, 0.1) is 5.82 Å². The smallest absolute Gasteiger partial charge is 0.276 e. The van der Waals surface area contributed by atoms with Gasteiger partial charge in [0.15, 0.2) is 5.65 Å². The van der Waals surface area contributed by atoms with Crippen molar-refractivity contribution in [2.45, 2.75) is 26.2 Å². The second kappa shape index (κ2) is 5.57. The van der Waals surface area contributed by atoms with Crippen LogP contribution >= 0.6 is 11.6 Å². The van der Waals surface area contributed by atoms with E-state index in [0.29, 0.717) is 28.2 Å². The highest BCUT2D eigenvalue weighted by Crippen LogP contribution is 2.21. The van der Waals surface area contributed by atoms with Crippen molar-refractivity contribution < 1.29 is 4.39 Å². The highest BCUT2D eigenvalue weighted by Gasteiger charge is 2.17. The number of hydrogen-bond acceptors (Lipinski definition) is 2. The molecule has 4 nitrogen and oxygen atoms in total. The highest BCUT2D eigenvalue weighted by molar-refractivity contribution is 6.30. The molecular formula is C16H15ClFN3O. The van der Waals surface area contributed by atoms with Crippen molar-refractivity contribution in [3.05, 3.63) is 68.5 Å². The molecule has 6 heteroatoms. The summed E-state index contributed by atoms with van der Waals surface area (Å²) in [5, 5.41) is 3.16. The first-order valence-electron chi connectivity index (χ1n) is 6.99. The van der Waals surface area contributed by atoms with E-state index >= 15 is 0 Å². The van der Waals surface area contributed by atoms with Crippen LogP contribution in [0.4, 0.5) is 4.39 Å². The van der Waals surface area contributed by atoms with Gasteiger partial charge in [-0.1, -0.05) is 25.4 Å². The van der Waals surface area contributed by atoms with Crippen molar-refractivity contribution in [1.82, 2.24) is 14.6 Å². The Bertz CT molecular complexity index is 878. The minimum Gasteiger partial charge on any atom is -0.297 e. The summed E-state index contributed by atoms with van der Waals surface area (Å²) >= 11 is 5.89. The zero-order valence-corrected chi connectivity index (χ0v) is 13.0. The number of H-pyrrole nitrogens is 1. The Morgan fingerprint density at radius 3 is 2.82 bits per heavy atom. The number of benzene rings is 1. The number of rotatable bonds is 3. The van der Waals surface area contributed by atoms with Crippen LogP contribution in [-0.4, -0.2) is 14.6 Å². The SMILES string of the molecule is CC(C)c1nc2cc[nH]n2c(=O)c1Cc1cc(F)cc(Cl)c1. The lowest BCUT2D eigenvalue weighted by molar-refractivity contribution is 0.626. The summed E-state index contributed by atoms with van der Waals surface area (Å²) in [6.07, 6.45) is 1.95. The maximum Gasteiger partial charge on any atom is 0.276 e. The largest absolute Gasteiger partial charge is 0.297 e. The topological polar surface area (TPSA) is 50.2 Å². The fourth-order valence-electron chi connectivity index (χ4n) is 2.57. The van der Waals surface area contributed by atoms with Crippen molar-refractivity contribution in [1.29, 1.82) is 0 Å². The number of aromatic amines is 1. The van der Waals surface area contributed by atoms with Crippen molar-refractivity contribution in [2.75, 3.05) is 0 Å². The van der Waals surface area contributed by atoms with E-state index in [9.17, 15) is 9.18 Å². The molecule has 2 heterocycles. The molecule has 0 saturated carbocycles. The molecule has 0 amide bonds. The van der Waals surface area contributed by atoms with Crippen LogP contribution in [0.1, 0.15) is 36.6 Å². The predicted molar refractivity (Wildman–Crippen MR) is 84.1 cm³/mol. The van der Waals surface area contributed by atoms with E-state index in [1.165, 1.54) is 16.6 Å². The van der Waals surface area contributed by atoms with Crippen molar-refractivity contribution in [3.63, 3.8) is 0 Å². The molecule has 0 aliphatic rings. The Balaban J connectivity index is 2.18. The van der Waals surface area contributed by atoms with Gasteiger partial charge < -0.3 is 0 Å².